The molecule has 0 N–H and O–H groups in total. The van der Waals surface area contributed by atoms with Crippen molar-refractivity contribution in [1.29, 1.82) is 0 Å². The Bertz CT molecular complexity index is 1060. The second-order valence-corrected chi connectivity index (χ2v) is 7.49. The summed E-state index contributed by atoms with van der Waals surface area (Å²) in [4.78, 5) is 27.5. The fourth-order valence-corrected chi connectivity index (χ4v) is 4.00. The lowest BCUT2D eigenvalue weighted by molar-refractivity contribution is -0.384. The fourth-order valence-electron chi connectivity index (χ4n) is 3.72. The average molecular weight is 422 g/mol. The maximum atomic E-state index is 12.9. The van der Waals surface area contributed by atoms with Crippen molar-refractivity contribution in [1.82, 2.24) is 4.90 Å². The number of piperazine rings is 1. The van der Waals surface area contributed by atoms with Crippen molar-refractivity contribution in [3.8, 4) is 11.1 Å². The first-order chi connectivity index (χ1) is 14.5. The van der Waals surface area contributed by atoms with E-state index in [1.165, 1.54) is 6.07 Å². The fraction of sp³-hybridized carbons (Fsp3) is 0.174. The van der Waals surface area contributed by atoms with Crippen LogP contribution < -0.4 is 4.90 Å². The van der Waals surface area contributed by atoms with Gasteiger partial charge in [0.25, 0.3) is 11.6 Å². The summed E-state index contributed by atoms with van der Waals surface area (Å²) in [6.45, 7) is 1.92. The van der Waals surface area contributed by atoms with Gasteiger partial charge in [-0.25, -0.2) is 0 Å². The molecule has 30 heavy (non-hydrogen) atoms. The molecule has 1 saturated heterocycles. The Labute approximate surface area is 179 Å². The maximum absolute atomic E-state index is 12.9. The van der Waals surface area contributed by atoms with Gasteiger partial charge < -0.3 is 9.80 Å². The van der Waals surface area contributed by atoms with E-state index in [9.17, 15) is 14.9 Å². The maximum Gasteiger partial charge on any atom is 0.294 e. The summed E-state index contributed by atoms with van der Waals surface area (Å²) >= 11 is 6.24. The van der Waals surface area contributed by atoms with Gasteiger partial charge in [0.05, 0.1) is 9.95 Å². The van der Waals surface area contributed by atoms with E-state index in [4.69, 9.17) is 11.6 Å². The number of hydrogen-bond donors (Lipinski definition) is 0. The molecule has 0 spiro atoms. The van der Waals surface area contributed by atoms with Crippen molar-refractivity contribution in [3.63, 3.8) is 0 Å². The number of carbonyl (C=O) groups excluding carboxylic acids is 1. The molecule has 4 rings (SSSR count). The molecule has 152 valence electrons. The summed E-state index contributed by atoms with van der Waals surface area (Å²) in [6.07, 6.45) is 0. The van der Waals surface area contributed by atoms with Crippen LogP contribution in [0.1, 0.15) is 10.4 Å². The molecule has 0 atom stereocenters. The molecule has 0 radical (unpaired) electrons. The van der Waals surface area contributed by atoms with Crippen LogP contribution in [0.15, 0.2) is 72.8 Å². The third-order valence-corrected chi connectivity index (χ3v) is 5.59. The van der Waals surface area contributed by atoms with Crippen molar-refractivity contribution in [3.05, 3.63) is 93.5 Å². The zero-order valence-electron chi connectivity index (χ0n) is 16.2. The van der Waals surface area contributed by atoms with Crippen LogP contribution in [-0.2, 0) is 0 Å². The number of para-hydroxylation sites is 1. The standard InChI is InChI=1S/C23H20ClN3O3/c24-20-7-4-8-21(27(29)30)22(20)25-13-15-26(16-14-25)23(28)19-11-9-18(10-12-19)17-5-2-1-3-6-17/h1-12H,13-16H2. The van der Waals surface area contributed by atoms with Gasteiger partial charge in [0.2, 0.25) is 0 Å². The van der Waals surface area contributed by atoms with E-state index in [1.54, 1.807) is 17.0 Å². The molecule has 3 aromatic carbocycles. The van der Waals surface area contributed by atoms with Gasteiger partial charge in [0.15, 0.2) is 0 Å². The van der Waals surface area contributed by atoms with Crippen LogP contribution in [0, 0.1) is 10.1 Å². The molecule has 0 bridgehead atoms. The molecule has 1 fully saturated rings. The van der Waals surface area contributed by atoms with Crippen molar-refractivity contribution in [2.45, 2.75) is 0 Å². The van der Waals surface area contributed by atoms with Crippen LogP contribution in [0.3, 0.4) is 0 Å². The van der Waals surface area contributed by atoms with Crippen LogP contribution in [-0.4, -0.2) is 41.9 Å². The van der Waals surface area contributed by atoms with Crippen LogP contribution >= 0.6 is 11.6 Å². The van der Waals surface area contributed by atoms with Crippen LogP contribution in [0.5, 0.6) is 0 Å². The van der Waals surface area contributed by atoms with Gasteiger partial charge in [-0.1, -0.05) is 60.1 Å². The Morgan fingerprint density at radius 2 is 1.47 bits per heavy atom. The molecule has 0 unspecified atom stereocenters. The average Bonchev–Trinajstić information content (AvgIpc) is 2.79. The first-order valence-corrected chi connectivity index (χ1v) is 10.0. The lowest BCUT2D eigenvalue weighted by atomic mass is 10.0. The predicted octanol–water partition coefficient (Wildman–Crippen LogP) is 4.88. The van der Waals surface area contributed by atoms with Gasteiger partial charge in [-0.2, -0.15) is 0 Å². The van der Waals surface area contributed by atoms with Gasteiger partial charge in [0.1, 0.15) is 5.69 Å². The monoisotopic (exact) mass is 421 g/mol. The molecule has 7 heteroatoms. The molecule has 1 aliphatic rings. The van der Waals surface area contributed by atoms with E-state index in [0.717, 1.165) is 11.1 Å². The number of rotatable bonds is 4. The van der Waals surface area contributed by atoms with Crippen LogP contribution in [0.25, 0.3) is 11.1 Å². The zero-order chi connectivity index (χ0) is 21.1. The van der Waals surface area contributed by atoms with E-state index in [2.05, 4.69) is 0 Å². The van der Waals surface area contributed by atoms with Crippen LogP contribution in [0.2, 0.25) is 5.02 Å². The Morgan fingerprint density at radius 1 is 0.833 bits per heavy atom. The third kappa shape index (κ3) is 4.00. The normalized spacial score (nSPS) is 13.9. The summed E-state index contributed by atoms with van der Waals surface area (Å²) in [5.74, 6) is -0.0390. The van der Waals surface area contributed by atoms with E-state index < -0.39 is 4.92 Å². The van der Waals surface area contributed by atoms with Crippen molar-refractivity contribution in [2.75, 3.05) is 31.1 Å². The van der Waals surface area contributed by atoms with Gasteiger partial charge in [-0.15, -0.1) is 0 Å². The largest absolute Gasteiger partial charge is 0.361 e. The number of nitrogens with zero attached hydrogens (tertiary/aromatic N) is 3. The van der Waals surface area contributed by atoms with E-state index in [0.29, 0.717) is 42.5 Å². The van der Waals surface area contributed by atoms with Gasteiger partial charge >= 0.3 is 0 Å². The smallest absolute Gasteiger partial charge is 0.294 e. The lowest BCUT2D eigenvalue weighted by Crippen LogP contribution is -2.49. The third-order valence-electron chi connectivity index (χ3n) is 5.28. The molecular weight excluding hydrogens is 402 g/mol. The zero-order valence-corrected chi connectivity index (χ0v) is 17.0. The SMILES string of the molecule is O=C(c1ccc(-c2ccccc2)cc1)N1CCN(c2c(Cl)cccc2[N+](=O)[O-])CC1. The molecule has 6 nitrogen and oxygen atoms in total. The quantitative estimate of drug-likeness (QED) is 0.445. The highest BCUT2D eigenvalue weighted by atomic mass is 35.5. The molecule has 1 amide bonds. The summed E-state index contributed by atoms with van der Waals surface area (Å²) < 4.78 is 0. The highest BCUT2D eigenvalue weighted by molar-refractivity contribution is 6.33. The van der Waals surface area contributed by atoms with E-state index >= 15 is 0 Å². The molecule has 1 heterocycles. The van der Waals surface area contributed by atoms with Crippen molar-refractivity contribution >= 4 is 28.9 Å². The minimum atomic E-state index is -0.424. The first-order valence-electron chi connectivity index (χ1n) is 9.67. The topological polar surface area (TPSA) is 66.7 Å². The van der Waals surface area contributed by atoms with Crippen LogP contribution in [0.4, 0.5) is 11.4 Å². The summed E-state index contributed by atoms with van der Waals surface area (Å²) in [6, 6.07) is 22.3. The molecule has 0 aromatic heterocycles. The molecule has 3 aromatic rings. The van der Waals surface area contributed by atoms with Gasteiger partial charge in [-0.3, -0.25) is 14.9 Å². The molecule has 1 aliphatic heterocycles. The first kappa shape index (κ1) is 19.9. The summed E-state index contributed by atoms with van der Waals surface area (Å²) in [7, 11) is 0. The van der Waals surface area contributed by atoms with Gasteiger partial charge in [-0.05, 0) is 29.3 Å². The minimum Gasteiger partial charge on any atom is -0.361 e. The Hall–Kier alpha value is -3.38. The number of amides is 1. The molecule has 0 saturated carbocycles. The van der Waals surface area contributed by atoms with Crippen molar-refractivity contribution in [2.24, 2.45) is 0 Å². The number of halogens is 1. The Balaban J connectivity index is 1.45. The van der Waals surface area contributed by atoms with Gasteiger partial charge in [0, 0.05) is 37.8 Å². The predicted molar refractivity (Wildman–Crippen MR) is 118 cm³/mol. The number of benzene rings is 3. The lowest BCUT2D eigenvalue weighted by Gasteiger charge is -2.36. The molecular formula is C23H20ClN3O3. The summed E-state index contributed by atoms with van der Waals surface area (Å²) in [5, 5.41) is 11.7. The second kappa shape index (κ2) is 8.55. The summed E-state index contributed by atoms with van der Waals surface area (Å²) in [5.41, 5.74) is 3.20. The number of anilines is 1. The van der Waals surface area contributed by atoms with Crippen molar-refractivity contribution < 1.29 is 9.72 Å². The molecule has 0 aliphatic carbocycles. The highest BCUT2D eigenvalue weighted by Crippen LogP contribution is 2.36. The number of hydrogen-bond acceptors (Lipinski definition) is 4. The number of carbonyl (C=O) groups is 1. The second-order valence-electron chi connectivity index (χ2n) is 7.09. The highest BCUT2D eigenvalue weighted by Gasteiger charge is 2.28. The number of nitro benzene ring substituents is 1. The Morgan fingerprint density at radius 3 is 2.10 bits per heavy atom. The number of nitro groups is 1. The van der Waals surface area contributed by atoms with E-state index in [1.807, 2.05) is 59.5 Å². The Kier molecular flexibility index (Phi) is 5.68. The minimum absolute atomic E-state index is 0.0150. The van der Waals surface area contributed by atoms with E-state index in [-0.39, 0.29) is 11.6 Å².